The maximum Gasteiger partial charge on any atom is 0.163 e. The summed E-state index contributed by atoms with van der Waals surface area (Å²) in [6.07, 6.45) is 5.75. The first-order chi connectivity index (χ1) is 8.61. The lowest BCUT2D eigenvalue weighted by Crippen LogP contribution is -2.19. The van der Waals surface area contributed by atoms with E-state index in [0.717, 1.165) is 29.2 Å². The second kappa shape index (κ2) is 5.33. The fourth-order valence-electron chi connectivity index (χ4n) is 2.14. The van der Waals surface area contributed by atoms with Gasteiger partial charge in [-0.25, -0.2) is 9.97 Å². The first-order valence-corrected chi connectivity index (χ1v) is 6.51. The molecule has 0 bridgehead atoms. The van der Waals surface area contributed by atoms with Crippen LogP contribution in [0.5, 0.6) is 0 Å². The van der Waals surface area contributed by atoms with Crippen molar-refractivity contribution in [2.45, 2.75) is 39.7 Å². The molecule has 2 rings (SSSR count). The van der Waals surface area contributed by atoms with E-state index in [1.807, 2.05) is 13.2 Å². The van der Waals surface area contributed by atoms with Crippen LogP contribution in [-0.4, -0.2) is 25.8 Å². The van der Waals surface area contributed by atoms with Gasteiger partial charge in [0.05, 0.1) is 11.6 Å². The Bertz CT molecular complexity index is 519. The molecule has 0 saturated carbocycles. The Kier molecular flexibility index (Phi) is 3.79. The number of nitrogens with zero attached hydrogens (tertiary/aromatic N) is 4. The highest BCUT2D eigenvalue weighted by molar-refractivity contribution is 5.86. The van der Waals surface area contributed by atoms with E-state index in [9.17, 15) is 0 Å². The van der Waals surface area contributed by atoms with E-state index in [1.165, 1.54) is 6.42 Å². The van der Waals surface area contributed by atoms with Crippen molar-refractivity contribution in [3.63, 3.8) is 0 Å². The largest absolute Gasteiger partial charge is 0.367 e. The number of aromatic nitrogens is 4. The quantitative estimate of drug-likeness (QED) is 0.882. The molecule has 2 atom stereocenters. The summed E-state index contributed by atoms with van der Waals surface area (Å²) in [5.74, 6) is 1.60. The van der Waals surface area contributed by atoms with Crippen LogP contribution in [0.15, 0.2) is 12.5 Å². The molecule has 2 aromatic heterocycles. The minimum atomic E-state index is 0.401. The monoisotopic (exact) mass is 247 g/mol. The molecule has 1 N–H and O–H groups in total. The van der Waals surface area contributed by atoms with Gasteiger partial charge in [-0.2, -0.15) is 5.10 Å². The Balaban J connectivity index is 2.16. The van der Waals surface area contributed by atoms with E-state index in [0.29, 0.717) is 6.04 Å². The predicted octanol–water partition coefficient (Wildman–Crippen LogP) is 2.60. The zero-order valence-corrected chi connectivity index (χ0v) is 11.5. The van der Waals surface area contributed by atoms with Crippen LogP contribution in [0.1, 0.15) is 33.6 Å². The Labute approximate surface area is 108 Å². The molecule has 0 spiro atoms. The van der Waals surface area contributed by atoms with Gasteiger partial charge in [-0.05, 0) is 19.3 Å². The number of nitrogens with one attached hydrogen (secondary N) is 1. The molecular weight excluding hydrogens is 226 g/mol. The average molecular weight is 247 g/mol. The molecule has 0 aliphatic heterocycles. The second-order valence-electron chi connectivity index (χ2n) is 5.02. The zero-order chi connectivity index (χ0) is 13.1. The lowest BCUT2D eigenvalue weighted by molar-refractivity contribution is 0.483. The van der Waals surface area contributed by atoms with Gasteiger partial charge < -0.3 is 5.32 Å². The molecule has 98 valence electrons. The van der Waals surface area contributed by atoms with Crippen molar-refractivity contribution in [1.29, 1.82) is 0 Å². The Hall–Kier alpha value is -1.65. The molecule has 2 unspecified atom stereocenters. The third kappa shape index (κ3) is 2.60. The highest BCUT2D eigenvalue weighted by atomic mass is 15.3. The van der Waals surface area contributed by atoms with E-state index in [2.05, 4.69) is 41.2 Å². The summed E-state index contributed by atoms with van der Waals surface area (Å²) in [6, 6.07) is 0.401. The molecule has 2 aromatic rings. The van der Waals surface area contributed by atoms with Crippen LogP contribution < -0.4 is 5.32 Å². The fourth-order valence-corrected chi connectivity index (χ4v) is 2.14. The molecule has 0 radical (unpaired) electrons. The van der Waals surface area contributed by atoms with E-state index >= 15 is 0 Å². The van der Waals surface area contributed by atoms with Crippen LogP contribution in [0.3, 0.4) is 0 Å². The molecule has 0 fully saturated rings. The fraction of sp³-hybridized carbons (Fsp3) is 0.615. The van der Waals surface area contributed by atoms with Crippen molar-refractivity contribution >= 4 is 16.9 Å². The molecule has 0 amide bonds. The molecule has 0 aliphatic carbocycles. The summed E-state index contributed by atoms with van der Waals surface area (Å²) in [4.78, 5) is 8.55. The Morgan fingerprint density at radius 1 is 1.33 bits per heavy atom. The van der Waals surface area contributed by atoms with Gasteiger partial charge in [-0.3, -0.25) is 4.68 Å². The molecule has 5 nitrogen and oxygen atoms in total. The van der Waals surface area contributed by atoms with Crippen LogP contribution in [0.25, 0.3) is 11.0 Å². The minimum absolute atomic E-state index is 0.401. The van der Waals surface area contributed by atoms with Crippen molar-refractivity contribution < 1.29 is 0 Å². The third-order valence-corrected chi connectivity index (χ3v) is 3.37. The molecular formula is C13H21N5. The molecule has 0 saturated heterocycles. The second-order valence-corrected chi connectivity index (χ2v) is 5.02. The SMILES string of the molecule is CCC(C)CC(C)Nc1ncnc2c1cnn2C. The summed E-state index contributed by atoms with van der Waals surface area (Å²) >= 11 is 0. The van der Waals surface area contributed by atoms with Gasteiger partial charge in [0.2, 0.25) is 0 Å². The average Bonchev–Trinajstić information content (AvgIpc) is 2.72. The lowest BCUT2D eigenvalue weighted by atomic mass is 10.0. The Morgan fingerprint density at radius 2 is 2.11 bits per heavy atom. The van der Waals surface area contributed by atoms with Crippen molar-refractivity contribution in [3.8, 4) is 0 Å². The number of fused-ring (bicyclic) bond motifs is 1. The molecule has 0 aromatic carbocycles. The molecule has 0 aliphatic rings. The number of aryl methyl sites for hydroxylation is 1. The number of hydrogen-bond donors (Lipinski definition) is 1. The van der Waals surface area contributed by atoms with E-state index in [1.54, 1.807) is 11.0 Å². The van der Waals surface area contributed by atoms with E-state index < -0.39 is 0 Å². The standard InChI is InChI=1S/C13H21N5/c1-5-9(2)6-10(3)17-12-11-7-16-18(4)13(11)15-8-14-12/h7-10H,5-6H2,1-4H3,(H,14,15,17). The van der Waals surface area contributed by atoms with Crippen LogP contribution >= 0.6 is 0 Å². The third-order valence-electron chi connectivity index (χ3n) is 3.37. The molecule has 5 heteroatoms. The van der Waals surface area contributed by atoms with Crippen LogP contribution in [0.4, 0.5) is 5.82 Å². The zero-order valence-electron chi connectivity index (χ0n) is 11.5. The number of rotatable bonds is 5. The maximum absolute atomic E-state index is 4.32. The summed E-state index contributed by atoms with van der Waals surface area (Å²) in [7, 11) is 1.89. The van der Waals surface area contributed by atoms with Crippen LogP contribution in [-0.2, 0) is 7.05 Å². The lowest BCUT2D eigenvalue weighted by Gasteiger charge is -2.18. The summed E-state index contributed by atoms with van der Waals surface area (Å²) in [5.41, 5.74) is 0.864. The molecule has 18 heavy (non-hydrogen) atoms. The van der Waals surface area contributed by atoms with Crippen molar-refractivity contribution in [1.82, 2.24) is 19.7 Å². The van der Waals surface area contributed by atoms with Crippen molar-refractivity contribution in [2.24, 2.45) is 13.0 Å². The maximum atomic E-state index is 4.32. The van der Waals surface area contributed by atoms with Gasteiger partial charge in [0.15, 0.2) is 5.65 Å². The minimum Gasteiger partial charge on any atom is -0.367 e. The van der Waals surface area contributed by atoms with Crippen LogP contribution in [0.2, 0.25) is 0 Å². The van der Waals surface area contributed by atoms with Gasteiger partial charge in [0.1, 0.15) is 12.1 Å². The van der Waals surface area contributed by atoms with Gasteiger partial charge in [-0.15, -0.1) is 0 Å². The highest BCUT2D eigenvalue weighted by Gasteiger charge is 2.11. The van der Waals surface area contributed by atoms with Gasteiger partial charge in [-0.1, -0.05) is 20.3 Å². The number of hydrogen-bond acceptors (Lipinski definition) is 4. The topological polar surface area (TPSA) is 55.6 Å². The summed E-state index contributed by atoms with van der Waals surface area (Å²) < 4.78 is 1.77. The van der Waals surface area contributed by atoms with E-state index in [4.69, 9.17) is 0 Å². The summed E-state index contributed by atoms with van der Waals surface area (Å²) in [6.45, 7) is 6.69. The number of anilines is 1. The van der Waals surface area contributed by atoms with E-state index in [-0.39, 0.29) is 0 Å². The van der Waals surface area contributed by atoms with Crippen molar-refractivity contribution in [2.75, 3.05) is 5.32 Å². The highest BCUT2D eigenvalue weighted by Crippen LogP contribution is 2.20. The smallest absolute Gasteiger partial charge is 0.163 e. The van der Waals surface area contributed by atoms with Crippen molar-refractivity contribution in [3.05, 3.63) is 12.5 Å². The predicted molar refractivity (Wildman–Crippen MR) is 73.5 cm³/mol. The van der Waals surface area contributed by atoms with Gasteiger partial charge >= 0.3 is 0 Å². The summed E-state index contributed by atoms with van der Waals surface area (Å²) in [5, 5.41) is 8.66. The first-order valence-electron chi connectivity index (χ1n) is 6.51. The first kappa shape index (κ1) is 12.8. The van der Waals surface area contributed by atoms with Gasteiger partial charge in [0.25, 0.3) is 0 Å². The van der Waals surface area contributed by atoms with Crippen LogP contribution in [0, 0.1) is 5.92 Å². The Morgan fingerprint density at radius 3 is 2.83 bits per heavy atom. The van der Waals surface area contributed by atoms with Gasteiger partial charge in [0, 0.05) is 13.1 Å². The molecule has 2 heterocycles. The normalized spacial score (nSPS) is 14.7.